The fraction of sp³-hybridized carbons (Fsp3) is 0. The number of fused-ring (bicyclic) bond motifs is 6. The third-order valence-electron chi connectivity index (χ3n) is 9.35. The molecule has 0 bridgehead atoms. The fourth-order valence-electron chi connectivity index (χ4n) is 7.25. The van der Waals surface area contributed by atoms with Crippen molar-refractivity contribution in [3.8, 4) is 22.3 Å². The second-order valence-corrected chi connectivity index (χ2v) is 11.9. The molecule has 0 saturated carbocycles. The van der Waals surface area contributed by atoms with E-state index in [0.717, 1.165) is 88.0 Å². The number of aromatic nitrogens is 2. The van der Waals surface area contributed by atoms with Gasteiger partial charge < -0.3 is 14.7 Å². The van der Waals surface area contributed by atoms with Crippen molar-refractivity contribution in [2.24, 2.45) is 4.99 Å². The van der Waals surface area contributed by atoms with E-state index in [-0.39, 0.29) is 0 Å². The number of aromatic amines is 1. The number of furan rings is 1. The minimum atomic E-state index is 0.445. The highest BCUT2D eigenvalue weighted by Gasteiger charge is 2.29. The van der Waals surface area contributed by atoms with Crippen molar-refractivity contribution in [3.05, 3.63) is 139 Å². The van der Waals surface area contributed by atoms with Gasteiger partial charge in [-0.2, -0.15) is 0 Å². The molecule has 3 aromatic heterocycles. The van der Waals surface area contributed by atoms with Crippen molar-refractivity contribution in [1.29, 1.82) is 0 Å². The summed E-state index contributed by atoms with van der Waals surface area (Å²) in [5.41, 5.74) is 8.90. The van der Waals surface area contributed by atoms with Gasteiger partial charge >= 0.3 is 13.5 Å². The van der Waals surface area contributed by atoms with Crippen LogP contribution < -0.4 is 9.79 Å². The molecular weight excluding hydrogens is 582 g/mol. The van der Waals surface area contributed by atoms with Crippen molar-refractivity contribution >= 4 is 79.5 Å². The van der Waals surface area contributed by atoms with E-state index in [0.29, 0.717) is 19.3 Å². The predicted molar refractivity (Wildman–Crippen MR) is 190 cm³/mol. The van der Waals surface area contributed by atoms with Gasteiger partial charge in [-0.1, -0.05) is 97.1 Å². The second kappa shape index (κ2) is 9.90. The van der Waals surface area contributed by atoms with Gasteiger partial charge in [-0.15, -0.1) is 0 Å². The number of benzene rings is 6. The van der Waals surface area contributed by atoms with Crippen molar-refractivity contribution in [2.45, 2.75) is 0 Å². The Bertz CT molecular complexity index is 2770. The molecule has 2 N–H and O–H groups in total. The van der Waals surface area contributed by atoms with Crippen LogP contribution in [-0.4, -0.2) is 18.5 Å². The number of hydrogen-bond donors (Lipinski definition) is 2. The Morgan fingerprint density at radius 3 is 2.28 bits per heavy atom. The van der Waals surface area contributed by atoms with E-state index in [1.54, 1.807) is 0 Å². The summed E-state index contributed by atoms with van der Waals surface area (Å²) < 4.78 is 23.2. The molecule has 0 fully saturated rings. The average Bonchev–Trinajstić information content (AvgIpc) is 3.81. The monoisotopic (exact) mass is 606 g/mol. The van der Waals surface area contributed by atoms with Gasteiger partial charge in [0.05, 0.1) is 28.5 Å². The van der Waals surface area contributed by atoms with Crippen molar-refractivity contribution in [1.82, 2.24) is 4.98 Å². The fourth-order valence-corrected chi connectivity index (χ4v) is 7.25. The lowest BCUT2D eigenvalue weighted by Gasteiger charge is -2.11. The van der Waals surface area contributed by atoms with Gasteiger partial charge in [-0.25, -0.2) is 0 Å². The van der Waals surface area contributed by atoms with Crippen LogP contribution in [0.2, 0.25) is 0 Å². The summed E-state index contributed by atoms with van der Waals surface area (Å²) in [6.45, 7) is 0. The third-order valence-corrected chi connectivity index (χ3v) is 9.35. The number of amidine groups is 1. The molecule has 0 spiro atoms. The maximum atomic E-state index is 15.2. The zero-order valence-electron chi connectivity index (χ0n) is 25.0. The summed E-state index contributed by atoms with van der Waals surface area (Å²) in [6, 6.07) is 43.1. The second-order valence-electron chi connectivity index (χ2n) is 11.9. The minimum Gasteiger partial charge on any atom is -0.455 e. The van der Waals surface area contributed by atoms with Gasteiger partial charge in [-0.3, -0.25) is 8.79 Å². The largest absolute Gasteiger partial charge is 0.640 e. The predicted octanol–water partition coefficient (Wildman–Crippen LogP) is 9.85. The van der Waals surface area contributed by atoms with Crippen LogP contribution in [0, 0.1) is 0 Å². The van der Waals surface area contributed by atoms with Crippen molar-refractivity contribution in [3.63, 3.8) is 0 Å². The van der Waals surface area contributed by atoms with E-state index < -0.39 is 0 Å². The number of nitrogens with one attached hydrogen (secondary N) is 2. The number of halogens is 1. The molecule has 4 heterocycles. The van der Waals surface area contributed by atoms with Crippen LogP contribution >= 0.6 is 0 Å². The number of pyridine rings is 1. The van der Waals surface area contributed by atoms with E-state index in [4.69, 9.17) is 9.41 Å². The van der Waals surface area contributed by atoms with Crippen LogP contribution in [0.5, 0.6) is 0 Å². The Morgan fingerprint density at radius 2 is 1.38 bits per heavy atom. The Kier molecular flexibility index (Phi) is 5.49. The summed E-state index contributed by atoms with van der Waals surface area (Å²) >= 11 is 0. The summed E-state index contributed by atoms with van der Waals surface area (Å²) in [5.74, 6) is 1.11. The van der Waals surface area contributed by atoms with E-state index >= 15 is 4.32 Å². The maximum absolute atomic E-state index is 15.2. The zero-order chi connectivity index (χ0) is 31.1. The third kappa shape index (κ3) is 3.83. The molecule has 0 aliphatic carbocycles. The highest BCUT2D eigenvalue weighted by Crippen LogP contribution is 2.42. The number of anilines is 1. The Labute approximate surface area is 268 Å². The first-order valence-electron chi connectivity index (χ1n) is 15.6. The standard InChI is InChI=1S/C40H24BFN4O/c42-41-46-22-24(25-13-7-14-28-26-11-1-3-18-33(26)43-37(25)28)21-32(30-16-8-15-29-27-12-2-4-20-35(27)47-38(29)30)40(46)45-39-31-17-5-9-23-10-6-19-34(44-39)36(23)31/h1-22,43H,(H,44,45)/q+1. The summed E-state index contributed by atoms with van der Waals surface area (Å²) in [4.78, 5) is 8.80. The maximum Gasteiger partial charge on any atom is 0.640 e. The molecule has 1 aliphatic rings. The number of H-pyrrole nitrogens is 1. The van der Waals surface area contributed by atoms with Gasteiger partial charge in [0.25, 0.3) is 5.84 Å². The molecule has 0 unspecified atom stereocenters. The SMILES string of the molecule is F[B][n+]1cc(-c2cccc3c2[nH]c2ccccc23)cc(-c2cccc3c2oc2ccccc23)c1/N=C1\Nc2cccc3cccc1c23. The summed E-state index contributed by atoms with van der Waals surface area (Å²) in [6.07, 6.45) is 1.81. The Morgan fingerprint density at radius 1 is 0.660 bits per heavy atom. The van der Waals surface area contributed by atoms with Crippen LogP contribution in [0.25, 0.3) is 76.8 Å². The minimum absolute atomic E-state index is 0.445. The normalized spacial score (nSPS) is 13.4. The molecule has 0 saturated heterocycles. The molecular formula is C40H24BFN4O+. The lowest BCUT2D eigenvalue weighted by molar-refractivity contribution is -0.521. The lowest BCUT2D eigenvalue weighted by Crippen LogP contribution is -2.38. The van der Waals surface area contributed by atoms with Gasteiger partial charge in [0.1, 0.15) is 11.2 Å². The van der Waals surface area contributed by atoms with E-state index in [2.05, 4.69) is 77.0 Å². The van der Waals surface area contributed by atoms with Gasteiger partial charge in [0.15, 0.2) is 0 Å². The number of hydrogen-bond acceptors (Lipinski definition) is 2. The van der Waals surface area contributed by atoms with Crippen molar-refractivity contribution in [2.75, 3.05) is 5.32 Å². The number of rotatable bonds is 4. The first kappa shape index (κ1) is 26.1. The lowest BCUT2D eigenvalue weighted by atomic mass is 9.96. The van der Waals surface area contributed by atoms with Gasteiger partial charge in [0.2, 0.25) is 0 Å². The molecule has 5 nitrogen and oxygen atoms in total. The quantitative estimate of drug-likeness (QED) is 0.196. The Balaban J connectivity index is 1.28. The zero-order valence-corrected chi connectivity index (χ0v) is 25.0. The number of aliphatic imine (C=N–C) groups is 1. The van der Waals surface area contributed by atoms with Crippen LogP contribution in [0.15, 0.2) is 143 Å². The molecule has 219 valence electrons. The molecule has 1 radical (unpaired) electrons. The van der Waals surface area contributed by atoms with Gasteiger partial charge in [-0.05, 0) is 40.7 Å². The van der Waals surface area contributed by atoms with Crippen LogP contribution in [0.1, 0.15) is 5.56 Å². The van der Waals surface area contributed by atoms with Crippen molar-refractivity contribution < 1.29 is 13.2 Å². The number of para-hydroxylation sites is 4. The summed E-state index contributed by atoms with van der Waals surface area (Å²) in [5, 5.41) is 10.0. The molecule has 6 aromatic carbocycles. The average molecular weight is 606 g/mol. The van der Waals surface area contributed by atoms with Crippen LogP contribution in [0.3, 0.4) is 0 Å². The van der Waals surface area contributed by atoms with E-state index in [1.807, 2.05) is 66.9 Å². The molecule has 10 rings (SSSR count). The number of nitrogens with zero attached hydrogens (tertiary/aromatic N) is 2. The highest BCUT2D eigenvalue weighted by atomic mass is 19.1. The first-order valence-corrected chi connectivity index (χ1v) is 15.6. The van der Waals surface area contributed by atoms with Crippen LogP contribution in [0.4, 0.5) is 15.8 Å². The first-order chi connectivity index (χ1) is 23.2. The van der Waals surface area contributed by atoms with Gasteiger partial charge in [0, 0.05) is 49.1 Å². The molecule has 47 heavy (non-hydrogen) atoms. The van der Waals surface area contributed by atoms with E-state index in [1.165, 1.54) is 4.48 Å². The molecule has 7 heteroatoms. The molecule has 0 amide bonds. The topological polar surface area (TPSA) is 57.2 Å². The molecule has 1 aliphatic heterocycles. The Hall–Kier alpha value is -6.21. The molecule has 9 aromatic rings. The smallest absolute Gasteiger partial charge is 0.455 e. The molecule has 0 atom stereocenters. The van der Waals surface area contributed by atoms with Crippen LogP contribution in [-0.2, 0) is 0 Å². The highest BCUT2D eigenvalue weighted by molar-refractivity contribution is 6.27. The summed E-state index contributed by atoms with van der Waals surface area (Å²) in [7, 11) is 0.583. The van der Waals surface area contributed by atoms with E-state index in [9.17, 15) is 0 Å².